The summed E-state index contributed by atoms with van der Waals surface area (Å²) in [5.41, 5.74) is 2.94. The molecule has 1 heterocycles. The van der Waals surface area contributed by atoms with Gasteiger partial charge in [-0.2, -0.15) is 13.1 Å². The maximum Gasteiger partial charge on any atom is 0.333 e. The van der Waals surface area contributed by atoms with Crippen LogP contribution in [0.4, 0.5) is 9.18 Å². The summed E-state index contributed by atoms with van der Waals surface area (Å²) in [7, 11) is -4.33. The fourth-order valence-electron chi connectivity index (χ4n) is 4.60. The largest absolute Gasteiger partial charge is 0.333 e. The van der Waals surface area contributed by atoms with Gasteiger partial charge in [0.2, 0.25) is 0 Å². The van der Waals surface area contributed by atoms with Gasteiger partial charge in [0.15, 0.2) is 0 Å². The Balaban J connectivity index is 1.50. The first kappa shape index (κ1) is 24.8. The summed E-state index contributed by atoms with van der Waals surface area (Å²) in [5.74, 6) is -0.282. The molecule has 0 aliphatic carbocycles. The first-order valence-corrected chi connectivity index (χ1v) is 12.8. The van der Waals surface area contributed by atoms with Gasteiger partial charge in [0.05, 0.1) is 11.6 Å². The first-order chi connectivity index (χ1) is 16.7. The third kappa shape index (κ3) is 5.87. The quantitative estimate of drug-likeness (QED) is 0.395. The van der Waals surface area contributed by atoms with Crippen molar-refractivity contribution in [3.63, 3.8) is 0 Å². The van der Waals surface area contributed by atoms with E-state index in [1.807, 2.05) is 61.5 Å². The Labute approximate surface area is 204 Å². The molecule has 2 atom stereocenters. The maximum absolute atomic E-state index is 13.3. The zero-order valence-electron chi connectivity index (χ0n) is 19.3. The van der Waals surface area contributed by atoms with Gasteiger partial charge in [-0.15, -0.1) is 0 Å². The second-order valence-corrected chi connectivity index (χ2v) is 9.98. The number of hydrogen-bond donors (Lipinski definition) is 3. The molecule has 3 N–H and O–H groups in total. The van der Waals surface area contributed by atoms with E-state index in [4.69, 9.17) is 4.55 Å². The van der Waals surface area contributed by atoms with Crippen molar-refractivity contribution in [1.29, 1.82) is 0 Å². The summed E-state index contributed by atoms with van der Waals surface area (Å²) in [4.78, 5) is 15.0. The molecule has 1 saturated heterocycles. The van der Waals surface area contributed by atoms with Crippen molar-refractivity contribution in [3.05, 3.63) is 95.8 Å². The number of benzene rings is 3. The fourth-order valence-corrected chi connectivity index (χ4v) is 4.96. The molecule has 1 aliphatic heterocycles. The molecule has 9 heteroatoms. The molecule has 35 heavy (non-hydrogen) atoms. The van der Waals surface area contributed by atoms with Crippen LogP contribution in [0.3, 0.4) is 0 Å². The van der Waals surface area contributed by atoms with E-state index in [2.05, 4.69) is 10.0 Å². The standard InChI is InChI=1S/C26H28FN3O4S/c1-19(20-7-9-21(10-8-20)22-11-13-24(27)14-12-22)30-18-16-26(29-25(30)31,15-17-28-35(32,33)34)23-5-3-2-4-6-23/h2-14,19,28H,15-18H2,1H3,(H,29,31)(H,32,33,34). The molecular weight excluding hydrogens is 469 g/mol. The van der Waals surface area contributed by atoms with Gasteiger partial charge < -0.3 is 10.2 Å². The van der Waals surface area contributed by atoms with Gasteiger partial charge in [0, 0.05) is 13.1 Å². The summed E-state index contributed by atoms with van der Waals surface area (Å²) < 4.78 is 46.6. The van der Waals surface area contributed by atoms with Gasteiger partial charge >= 0.3 is 16.3 Å². The molecule has 3 aromatic carbocycles. The van der Waals surface area contributed by atoms with Crippen LogP contribution in [0, 0.1) is 5.82 Å². The summed E-state index contributed by atoms with van der Waals surface area (Å²) in [5, 5.41) is 3.11. The Morgan fingerprint density at radius 3 is 2.20 bits per heavy atom. The van der Waals surface area contributed by atoms with Crippen molar-refractivity contribution in [1.82, 2.24) is 14.9 Å². The number of nitrogens with one attached hydrogen (secondary N) is 2. The Kier molecular flexibility index (Phi) is 7.20. The van der Waals surface area contributed by atoms with Gasteiger partial charge in [0.1, 0.15) is 5.82 Å². The monoisotopic (exact) mass is 497 g/mol. The molecule has 7 nitrogen and oxygen atoms in total. The van der Waals surface area contributed by atoms with Crippen LogP contribution in [-0.4, -0.2) is 37.0 Å². The zero-order valence-corrected chi connectivity index (χ0v) is 20.1. The Hall–Kier alpha value is -3.27. The van der Waals surface area contributed by atoms with E-state index in [1.54, 1.807) is 17.0 Å². The summed E-state index contributed by atoms with van der Waals surface area (Å²) >= 11 is 0. The SMILES string of the molecule is CC(c1ccc(-c2ccc(F)cc2)cc1)N1CCC(CCNS(=O)(=O)O)(c2ccccc2)NC1=O. The number of amides is 2. The molecule has 4 rings (SSSR count). The average molecular weight is 498 g/mol. The molecule has 1 fully saturated rings. The van der Waals surface area contributed by atoms with E-state index in [-0.39, 0.29) is 30.9 Å². The predicted molar refractivity (Wildman–Crippen MR) is 132 cm³/mol. The van der Waals surface area contributed by atoms with Crippen molar-refractivity contribution in [2.45, 2.75) is 31.3 Å². The molecule has 0 radical (unpaired) electrons. The van der Waals surface area contributed by atoms with Crippen molar-refractivity contribution in [2.75, 3.05) is 13.1 Å². The highest BCUT2D eigenvalue weighted by Crippen LogP contribution is 2.35. The minimum atomic E-state index is -4.33. The smallest absolute Gasteiger partial charge is 0.328 e. The second-order valence-electron chi connectivity index (χ2n) is 8.75. The van der Waals surface area contributed by atoms with Crippen LogP contribution < -0.4 is 10.0 Å². The minimum absolute atomic E-state index is 0.0194. The van der Waals surface area contributed by atoms with Crippen LogP contribution in [0.5, 0.6) is 0 Å². The number of hydrogen-bond acceptors (Lipinski definition) is 3. The molecule has 0 saturated carbocycles. The van der Waals surface area contributed by atoms with Crippen molar-refractivity contribution < 1.29 is 22.2 Å². The van der Waals surface area contributed by atoms with Gasteiger partial charge in [-0.25, -0.2) is 9.18 Å². The van der Waals surface area contributed by atoms with E-state index in [0.717, 1.165) is 22.3 Å². The average Bonchev–Trinajstić information content (AvgIpc) is 2.84. The Morgan fingerprint density at radius 2 is 1.63 bits per heavy atom. The van der Waals surface area contributed by atoms with E-state index >= 15 is 0 Å². The highest BCUT2D eigenvalue weighted by atomic mass is 32.2. The van der Waals surface area contributed by atoms with Crippen LogP contribution in [0.1, 0.15) is 36.9 Å². The first-order valence-electron chi connectivity index (χ1n) is 11.4. The van der Waals surface area contributed by atoms with Gasteiger partial charge in [-0.1, -0.05) is 66.7 Å². The number of carbonyl (C=O) groups is 1. The summed E-state index contributed by atoms with van der Waals surface area (Å²) in [6, 6.07) is 23.1. The number of nitrogens with zero attached hydrogens (tertiary/aromatic N) is 1. The fraction of sp³-hybridized carbons (Fsp3) is 0.269. The lowest BCUT2D eigenvalue weighted by atomic mass is 9.81. The predicted octanol–water partition coefficient (Wildman–Crippen LogP) is 4.65. The number of rotatable bonds is 8. The summed E-state index contributed by atoms with van der Waals surface area (Å²) in [6.07, 6.45) is 0.852. The van der Waals surface area contributed by atoms with Crippen molar-refractivity contribution >= 4 is 16.3 Å². The second kappa shape index (κ2) is 10.2. The lowest BCUT2D eigenvalue weighted by Crippen LogP contribution is -2.59. The van der Waals surface area contributed by atoms with E-state index in [9.17, 15) is 17.6 Å². The number of urea groups is 1. The summed E-state index contributed by atoms with van der Waals surface area (Å²) in [6.45, 7) is 2.41. The van der Waals surface area contributed by atoms with Crippen LogP contribution >= 0.6 is 0 Å². The number of carbonyl (C=O) groups excluding carboxylic acids is 1. The third-order valence-electron chi connectivity index (χ3n) is 6.59. The van der Waals surface area contributed by atoms with E-state index in [1.165, 1.54) is 12.1 Å². The highest BCUT2D eigenvalue weighted by Gasteiger charge is 2.40. The van der Waals surface area contributed by atoms with Crippen LogP contribution in [-0.2, 0) is 15.8 Å². The molecule has 184 valence electrons. The number of halogens is 1. The molecule has 0 bridgehead atoms. The van der Waals surface area contributed by atoms with Gasteiger partial charge in [0.25, 0.3) is 0 Å². The topological polar surface area (TPSA) is 98.7 Å². The normalized spacial score (nSPS) is 19.3. The Bertz CT molecular complexity index is 1270. The van der Waals surface area contributed by atoms with Crippen LogP contribution in [0.25, 0.3) is 11.1 Å². The third-order valence-corrected chi connectivity index (χ3v) is 7.16. The molecule has 2 unspecified atom stereocenters. The van der Waals surface area contributed by atoms with Crippen molar-refractivity contribution in [3.8, 4) is 11.1 Å². The minimum Gasteiger partial charge on any atom is -0.328 e. The highest BCUT2D eigenvalue weighted by molar-refractivity contribution is 7.83. The maximum atomic E-state index is 13.3. The van der Waals surface area contributed by atoms with Gasteiger partial charge in [-0.05, 0) is 54.2 Å². The lowest BCUT2D eigenvalue weighted by molar-refractivity contribution is 0.122. The molecule has 2 amide bonds. The van der Waals surface area contributed by atoms with Gasteiger partial charge in [-0.3, -0.25) is 4.55 Å². The van der Waals surface area contributed by atoms with Crippen LogP contribution in [0.15, 0.2) is 78.9 Å². The lowest BCUT2D eigenvalue weighted by Gasteiger charge is -2.45. The zero-order chi connectivity index (χ0) is 25.1. The van der Waals surface area contributed by atoms with Crippen molar-refractivity contribution in [2.24, 2.45) is 0 Å². The molecule has 1 aliphatic rings. The van der Waals surface area contributed by atoms with E-state index in [0.29, 0.717) is 13.0 Å². The van der Waals surface area contributed by atoms with E-state index < -0.39 is 15.8 Å². The Morgan fingerprint density at radius 1 is 1.03 bits per heavy atom. The molecule has 3 aromatic rings. The molecule has 0 aromatic heterocycles. The molecule has 0 spiro atoms. The van der Waals surface area contributed by atoms with Crippen LogP contribution in [0.2, 0.25) is 0 Å². The molecular formula is C26H28FN3O4S.